The first-order valence-corrected chi connectivity index (χ1v) is 16.0. The molecule has 7 unspecified atom stereocenters. The Hall–Kier alpha value is -3.23. The molecule has 0 fully saturated rings. The first kappa shape index (κ1) is 25.5. The normalized spacial score (nSPS) is 37.8. The van der Waals surface area contributed by atoms with E-state index in [1.807, 2.05) is 0 Å². The topological polar surface area (TPSA) is 24.4 Å². The summed E-state index contributed by atoms with van der Waals surface area (Å²) in [5, 5.41) is 3.93. The van der Waals surface area contributed by atoms with Gasteiger partial charge in [0.15, 0.2) is 0 Å². The molecule has 7 atom stereocenters. The van der Waals surface area contributed by atoms with Gasteiger partial charge in [-0.05, 0) is 77.7 Å². The van der Waals surface area contributed by atoms with Crippen LogP contribution in [0.4, 0.5) is 0 Å². The van der Waals surface area contributed by atoms with Crippen LogP contribution in [0.3, 0.4) is 0 Å². The van der Waals surface area contributed by atoms with Gasteiger partial charge in [0.2, 0.25) is 0 Å². The summed E-state index contributed by atoms with van der Waals surface area (Å²) in [6.45, 7) is 5.00. The summed E-state index contributed by atoms with van der Waals surface area (Å²) in [6.07, 6.45) is 45.1. The molecule has 0 bridgehead atoms. The van der Waals surface area contributed by atoms with E-state index in [0.717, 1.165) is 25.7 Å². The molecule has 0 saturated heterocycles. The molecular weight excluding hydrogens is 496 g/mol. The van der Waals surface area contributed by atoms with Gasteiger partial charge in [0.25, 0.3) is 0 Å². The molecule has 0 spiro atoms. The lowest BCUT2D eigenvalue weighted by atomic mass is 9.68. The number of hydrogen-bond donors (Lipinski definition) is 1. The lowest BCUT2D eigenvalue weighted by molar-refractivity contribution is 0.304. The van der Waals surface area contributed by atoms with Crippen molar-refractivity contribution in [2.75, 3.05) is 0 Å². The van der Waals surface area contributed by atoms with Gasteiger partial charge in [-0.1, -0.05) is 117 Å². The first-order chi connectivity index (χ1) is 20.1. The van der Waals surface area contributed by atoms with Crippen molar-refractivity contribution in [3.8, 4) is 0 Å². The standard InChI is InChI=1S/C39H42N2/c1-39(2)34-24-30(17-19-31(34)32-21-27-15-9-10-16-28(27)23-35(32)39)29-18-20-36-33(22-29)37(25-11-5-3-6-12-25)41-38(40-36)26-13-7-4-8-14-26/h3-5,7-8,10-11,13,16-23,26,30,32-33,35-36,38,40H,6,9,12,14-15,24H2,1-2H3. The van der Waals surface area contributed by atoms with Gasteiger partial charge in [-0.15, -0.1) is 0 Å². The summed E-state index contributed by atoms with van der Waals surface area (Å²) < 4.78 is 0. The average molecular weight is 539 g/mol. The molecule has 1 N–H and O–H groups in total. The summed E-state index contributed by atoms with van der Waals surface area (Å²) in [4.78, 5) is 5.45. The second-order valence-corrected chi connectivity index (χ2v) is 13.7. The smallest absolute Gasteiger partial charge is 0.107 e. The van der Waals surface area contributed by atoms with Gasteiger partial charge in [-0.3, -0.25) is 10.3 Å². The van der Waals surface area contributed by atoms with E-state index in [1.165, 1.54) is 35.3 Å². The Labute approximate surface area is 245 Å². The fraction of sp³-hybridized carbons (Fsp3) is 0.410. The summed E-state index contributed by atoms with van der Waals surface area (Å²) in [6, 6.07) is 0.296. The molecule has 0 aromatic rings. The molecule has 0 aromatic carbocycles. The van der Waals surface area contributed by atoms with E-state index in [0.29, 0.717) is 35.6 Å². The number of rotatable bonds is 3. The molecule has 8 rings (SSSR count). The summed E-state index contributed by atoms with van der Waals surface area (Å²) in [7, 11) is 0. The Morgan fingerprint density at radius 3 is 2.59 bits per heavy atom. The van der Waals surface area contributed by atoms with Gasteiger partial charge >= 0.3 is 0 Å². The van der Waals surface area contributed by atoms with Crippen LogP contribution in [0.15, 0.2) is 136 Å². The second-order valence-electron chi connectivity index (χ2n) is 13.7. The third kappa shape index (κ3) is 4.29. The quantitative estimate of drug-likeness (QED) is 0.382. The van der Waals surface area contributed by atoms with Gasteiger partial charge in [0.1, 0.15) is 6.17 Å². The Morgan fingerprint density at radius 2 is 1.73 bits per heavy atom. The van der Waals surface area contributed by atoms with Gasteiger partial charge in [0, 0.05) is 35.4 Å². The third-order valence-corrected chi connectivity index (χ3v) is 11.0. The zero-order valence-electron chi connectivity index (χ0n) is 24.5. The van der Waals surface area contributed by atoms with E-state index < -0.39 is 0 Å². The highest BCUT2D eigenvalue weighted by molar-refractivity contribution is 6.04. The van der Waals surface area contributed by atoms with Gasteiger partial charge in [-0.25, -0.2) is 0 Å². The minimum Gasteiger partial charge on any atom is -0.288 e. The SMILES string of the molecule is CC1(C)C2=C(C=CC(C3=CC4C(C5=CC=CCC5)=NC(C5C=CC=CC5)NC4C=C3)C2)C2C=C3CCC=CC3=CC21. The molecule has 1 heterocycles. The monoisotopic (exact) mass is 538 g/mol. The second kappa shape index (κ2) is 9.95. The summed E-state index contributed by atoms with van der Waals surface area (Å²) in [5.41, 5.74) is 10.7. The maximum absolute atomic E-state index is 5.45. The minimum absolute atomic E-state index is 0.130. The number of allylic oxidation sites excluding steroid dienone is 19. The van der Waals surface area contributed by atoms with Crippen LogP contribution in [-0.2, 0) is 0 Å². The maximum Gasteiger partial charge on any atom is 0.107 e. The van der Waals surface area contributed by atoms with E-state index in [9.17, 15) is 0 Å². The maximum atomic E-state index is 5.45. The van der Waals surface area contributed by atoms with Crippen molar-refractivity contribution < 1.29 is 0 Å². The van der Waals surface area contributed by atoms with Crippen LogP contribution in [0.25, 0.3) is 0 Å². The van der Waals surface area contributed by atoms with Gasteiger partial charge in [-0.2, -0.15) is 0 Å². The molecular formula is C39H42N2. The highest BCUT2D eigenvalue weighted by Gasteiger charge is 2.48. The van der Waals surface area contributed by atoms with E-state index >= 15 is 0 Å². The Kier molecular flexibility index (Phi) is 6.18. The lowest BCUT2D eigenvalue weighted by Crippen LogP contribution is -2.51. The van der Waals surface area contributed by atoms with Crippen molar-refractivity contribution in [2.45, 2.75) is 64.6 Å². The fourth-order valence-electron chi connectivity index (χ4n) is 8.70. The van der Waals surface area contributed by atoms with Gasteiger partial charge in [0.05, 0.1) is 0 Å². The van der Waals surface area contributed by atoms with Crippen LogP contribution in [0.5, 0.6) is 0 Å². The summed E-state index contributed by atoms with van der Waals surface area (Å²) in [5.74, 6) is 2.23. The number of fused-ring (bicyclic) bond motifs is 4. The molecule has 0 amide bonds. The van der Waals surface area contributed by atoms with E-state index in [2.05, 4.69) is 116 Å². The van der Waals surface area contributed by atoms with Crippen molar-refractivity contribution in [3.05, 3.63) is 131 Å². The molecule has 0 radical (unpaired) electrons. The molecule has 41 heavy (non-hydrogen) atoms. The largest absolute Gasteiger partial charge is 0.288 e. The van der Waals surface area contributed by atoms with Crippen molar-refractivity contribution >= 4 is 5.71 Å². The third-order valence-electron chi connectivity index (χ3n) is 11.0. The number of nitrogens with one attached hydrogen (secondary N) is 1. The van der Waals surface area contributed by atoms with Crippen molar-refractivity contribution in [3.63, 3.8) is 0 Å². The van der Waals surface area contributed by atoms with Crippen LogP contribution in [0, 0.1) is 35.0 Å². The molecule has 2 heteroatoms. The van der Waals surface area contributed by atoms with Crippen LogP contribution < -0.4 is 5.32 Å². The summed E-state index contributed by atoms with van der Waals surface area (Å²) >= 11 is 0. The highest BCUT2D eigenvalue weighted by atomic mass is 15.1. The number of hydrogen-bond acceptors (Lipinski definition) is 2. The van der Waals surface area contributed by atoms with E-state index in [-0.39, 0.29) is 11.6 Å². The van der Waals surface area contributed by atoms with Crippen molar-refractivity contribution in [1.29, 1.82) is 0 Å². The predicted octanol–water partition coefficient (Wildman–Crippen LogP) is 8.61. The average Bonchev–Trinajstić information content (AvgIpc) is 3.25. The van der Waals surface area contributed by atoms with Gasteiger partial charge < -0.3 is 0 Å². The Balaban J connectivity index is 1.10. The van der Waals surface area contributed by atoms with E-state index in [4.69, 9.17) is 4.99 Å². The molecule has 2 nitrogen and oxygen atoms in total. The first-order valence-electron chi connectivity index (χ1n) is 16.0. The van der Waals surface area contributed by atoms with Crippen LogP contribution in [-0.4, -0.2) is 17.9 Å². The highest BCUT2D eigenvalue weighted by Crippen LogP contribution is 2.58. The lowest BCUT2D eigenvalue weighted by Gasteiger charge is -2.40. The Bertz CT molecular complexity index is 1520. The van der Waals surface area contributed by atoms with Crippen LogP contribution in [0.1, 0.15) is 52.4 Å². The molecule has 208 valence electrons. The zero-order valence-corrected chi connectivity index (χ0v) is 24.5. The molecule has 0 saturated carbocycles. The molecule has 8 aliphatic rings. The molecule has 7 aliphatic carbocycles. The predicted molar refractivity (Wildman–Crippen MR) is 171 cm³/mol. The van der Waals surface area contributed by atoms with E-state index in [1.54, 1.807) is 16.7 Å². The minimum atomic E-state index is 0.130. The van der Waals surface area contributed by atoms with Crippen LogP contribution in [0.2, 0.25) is 0 Å². The molecule has 0 aromatic heterocycles. The van der Waals surface area contributed by atoms with Crippen LogP contribution >= 0.6 is 0 Å². The number of nitrogens with zero attached hydrogens (tertiary/aromatic N) is 1. The molecule has 1 aliphatic heterocycles. The number of aliphatic imine (C=N–C) groups is 1. The van der Waals surface area contributed by atoms with Crippen molar-refractivity contribution in [1.82, 2.24) is 5.32 Å². The Morgan fingerprint density at radius 1 is 0.829 bits per heavy atom. The zero-order chi connectivity index (χ0) is 27.6. The van der Waals surface area contributed by atoms with Crippen molar-refractivity contribution in [2.24, 2.45) is 40.0 Å². The fourth-order valence-corrected chi connectivity index (χ4v) is 8.70.